The molecule has 6 nitrogen and oxygen atoms in total. The van der Waals surface area contributed by atoms with Crippen molar-refractivity contribution in [2.24, 2.45) is 5.92 Å². The van der Waals surface area contributed by atoms with Crippen LogP contribution in [0.15, 0.2) is 29.1 Å². The van der Waals surface area contributed by atoms with Gasteiger partial charge in [0.05, 0.1) is 17.6 Å². The van der Waals surface area contributed by atoms with Crippen molar-refractivity contribution in [3.05, 3.63) is 34.7 Å². The molecule has 6 heteroatoms. The zero-order chi connectivity index (χ0) is 17.8. The van der Waals surface area contributed by atoms with E-state index in [0.717, 1.165) is 37.1 Å². The first-order valence-corrected chi connectivity index (χ1v) is 9.19. The number of benzene rings is 1. The summed E-state index contributed by atoms with van der Waals surface area (Å²) in [7, 11) is 0. The maximum absolute atomic E-state index is 12.8. The minimum absolute atomic E-state index is 0.00379. The van der Waals surface area contributed by atoms with Gasteiger partial charge in [0.25, 0.3) is 0 Å². The van der Waals surface area contributed by atoms with Crippen LogP contribution in [-0.4, -0.2) is 46.2 Å². The molecule has 0 N–H and O–H groups in total. The van der Waals surface area contributed by atoms with Crippen LogP contribution in [0.4, 0.5) is 0 Å². The van der Waals surface area contributed by atoms with E-state index in [1.54, 1.807) is 9.13 Å². The van der Waals surface area contributed by atoms with Gasteiger partial charge < -0.3 is 9.64 Å². The monoisotopic (exact) mass is 345 g/mol. The molecule has 2 aromatic rings. The number of ether oxygens (including phenoxy) is 1. The summed E-state index contributed by atoms with van der Waals surface area (Å²) in [5.74, 6) is 0.401. The third kappa shape index (κ3) is 3.63. The van der Waals surface area contributed by atoms with E-state index in [1.807, 2.05) is 43.0 Å². The van der Waals surface area contributed by atoms with Crippen molar-refractivity contribution in [2.75, 3.05) is 26.3 Å². The molecule has 2 heterocycles. The van der Waals surface area contributed by atoms with Gasteiger partial charge in [-0.25, -0.2) is 4.79 Å². The third-order valence-electron chi connectivity index (χ3n) is 4.90. The summed E-state index contributed by atoms with van der Waals surface area (Å²) in [5.41, 5.74) is 1.63. The summed E-state index contributed by atoms with van der Waals surface area (Å²) in [5, 5.41) is 0. The smallest absolute Gasteiger partial charge is 0.329 e. The van der Waals surface area contributed by atoms with Crippen LogP contribution in [0.3, 0.4) is 0 Å². The Morgan fingerprint density at radius 1 is 1.24 bits per heavy atom. The number of carbonyl (C=O) groups is 1. The molecule has 0 radical (unpaired) electrons. The van der Waals surface area contributed by atoms with Crippen LogP contribution in [0.5, 0.6) is 0 Å². The Balaban J connectivity index is 1.85. The molecule has 1 aromatic heterocycles. The Labute approximate surface area is 148 Å². The molecule has 0 spiro atoms. The highest BCUT2D eigenvalue weighted by atomic mass is 16.5. The number of fused-ring (bicyclic) bond motifs is 1. The van der Waals surface area contributed by atoms with Gasteiger partial charge in [-0.15, -0.1) is 0 Å². The van der Waals surface area contributed by atoms with E-state index < -0.39 is 0 Å². The fraction of sp³-hybridized carbons (Fsp3) is 0.579. The molecule has 0 saturated carbocycles. The first kappa shape index (κ1) is 17.7. The first-order valence-electron chi connectivity index (χ1n) is 9.19. The van der Waals surface area contributed by atoms with Gasteiger partial charge in [-0.05, 0) is 31.9 Å². The lowest BCUT2D eigenvalue weighted by atomic mass is 10.1. The van der Waals surface area contributed by atoms with Crippen molar-refractivity contribution in [1.29, 1.82) is 0 Å². The number of likely N-dealkylation sites (N-methyl/N-ethyl adjacent to an activating group) is 1. The van der Waals surface area contributed by atoms with Crippen molar-refractivity contribution >= 4 is 16.9 Å². The van der Waals surface area contributed by atoms with Crippen LogP contribution in [0, 0.1) is 5.92 Å². The molecule has 1 saturated heterocycles. The van der Waals surface area contributed by atoms with Gasteiger partial charge >= 0.3 is 5.69 Å². The number of carbonyl (C=O) groups excluding carboxylic acids is 1. The highest BCUT2D eigenvalue weighted by Crippen LogP contribution is 2.16. The van der Waals surface area contributed by atoms with Crippen LogP contribution in [0.2, 0.25) is 0 Å². The minimum Gasteiger partial charge on any atom is -0.381 e. The Morgan fingerprint density at radius 2 is 1.96 bits per heavy atom. The Bertz CT molecular complexity index is 787. The molecular formula is C19H27N3O3. The molecule has 3 rings (SSSR count). The molecule has 0 aliphatic carbocycles. The molecule has 1 atom stereocenters. The number of aromatic nitrogens is 2. The topological polar surface area (TPSA) is 56.5 Å². The van der Waals surface area contributed by atoms with E-state index in [2.05, 4.69) is 0 Å². The lowest BCUT2D eigenvalue weighted by Crippen LogP contribution is -2.39. The van der Waals surface area contributed by atoms with E-state index in [-0.39, 0.29) is 18.1 Å². The van der Waals surface area contributed by atoms with Gasteiger partial charge in [-0.3, -0.25) is 13.9 Å². The zero-order valence-electron chi connectivity index (χ0n) is 15.1. The summed E-state index contributed by atoms with van der Waals surface area (Å²) in [6, 6.07) is 7.70. The lowest BCUT2D eigenvalue weighted by molar-refractivity contribution is -0.132. The van der Waals surface area contributed by atoms with Gasteiger partial charge in [0.1, 0.15) is 6.54 Å². The van der Waals surface area contributed by atoms with Gasteiger partial charge in [0.2, 0.25) is 5.91 Å². The van der Waals surface area contributed by atoms with Crippen LogP contribution in [0.25, 0.3) is 11.0 Å². The second-order valence-electron chi connectivity index (χ2n) is 6.67. The molecular weight excluding hydrogens is 318 g/mol. The van der Waals surface area contributed by atoms with Gasteiger partial charge in [-0.2, -0.15) is 0 Å². The van der Waals surface area contributed by atoms with Crippen molar-refractivity contribution in [3.63, 3.8) is 0 Å². The maximum Gasteiger partial charge on any atom is 0.329 e. The number of nitrogens with zero attached hydrogens (tertiary/aromatic N) is 3. The largest absolute Gasteiger partial charge is 0.381 e. The summed E-state index contributed by atoms with van der Waals surface area (Å²) in [4.78, 5) is 27.5. The molecule has 25 heavy (non-hydrogen) atoms. The number of rotatable bonds is 7. The zero-order valence-corrected chi connectivity index (χ0v) is 15.1. The van der Waals surface area contributed by atoms with Crippen LogP contribution in [0.1, 0.15) is 26.7 Å². The van der Waals surface area contributed by atoms with Crippen molar-refractivity contribution < 1.29 is 9.53 Å². The van der Waals surface area contributed by atoms with E-state index in [0.29, 0.717) is 25.6 Å². The summed E-state index contributed by atoms with van der Waals surface area (Å²) < 4.78 is 8.79. The molecule has 0 bridgehead atoms. The number of para-hydroxylation sites is 2. The van der Waals surface area contributed by atoms with Crippen LogP contribution in [-0.2, 0) is 22.6 Å². The molecule has 136 valence electrons. The predicted octanol–water partition coefficient (Wildman–Crippen LogP) is 2.10. The Morgan fingerprint density at radius 3 is 2.56 bits per heavy atom. The van der Waals surface area contributed by atoms with E-state index in [1.165, 1.54) is 0 Å². The van der Waals surface area contributed by atoms with E-state index >= 15 is 0 Å². The minimum atomic E-state index is -0.100. The fourth-order valence-electron chi connectivity index (χ4n) is 3.55. The Hall–Kier alpha value is -2.08. The highest BCUT2D eigenvalue weighted by Gasteiger charge is 2.23. The summed E-state index contributed by atoms with van der Waals surface area (Å²) in [6.07, 6.45) is 1.88. The SMILES string of the molecule is CCCn1c(=O)n(CC(=O)N(CC)CC2CCOC2)c2ccccc21. The summed E-state index contributed by atoms with van der Waals surface area (Å²) >= 11 is 0. The van der Waals surface area contributed by atoms with Crippen LogP contribution >= 0.6 is 0 Å². The van der Waals surface area contributed by atoms with Crippen LogP contribution < -0.4 is 5.69 Å². The van der Waals surface area contributed by atoms with Crippen molar-refractivity contribution in [2.45, 2.75) is 39.8 Å². The van der Waals surface area contributed by atoms with E-state index in [9.17, 15) is 9.59 Å². The van der Waals surface area contributed by atoms with E-state index in [4.69, 9.17) is 4.74 Å². The number of aryl methyl sites for hydroxylation is 1. The van der Waals surface area contributed by atoms with Gasteiger partial charge in [0, 0.05) is 32.2 Å². The number of hydrogen-bond acceptors (Lipinski definition) is 3. The molecule has 1 aromatic carbocycles. The lowest BCUT2D eigenvalue weighted by Gasteiger charge is -2.24. The van der Waals surface area contributed by atoms with Gasteiger partial charge in [0.15, 0.2) is 0 Å². The standard InChI is InChI=1S/C19H27N3O3/c1-3-10-21-16-7-5-6-8-17(16)22(19(21)24)13-18(23)20(4-2)12-15-9-11-25-14-15/h5-8,15H,3-4,9-14H2,1-2H3. The van der Waals surface area contributed by atoms with Crippen molar-refractivity contribution in [1.82, 2.24) is 14.0 Å². The van der Waals surface area contributed by atoms with Crippen molar-refractivity contribution in [3.8, 4) is 0 Å². The second kappa shape index (κ2) is 7.87. The number of hydrogen-bond donors (Lipinski definition) is 0. The Kier molecular flexibility index (Phi) is 5.58. The fourth-order valence-corrected chi connectivity index (χ4v) is 3.55. The molecule has 1 aliphatic heterocycles. The second-order valence-corrected chi connectivity index (χ2v) is 6.67. The summed E-state index contributed by atoms with van der Waals surface area (Å²) in [6.45, 7) is 7.65. The number of amides is 1. The molecule has 1 unspecified atom stereocenters. The molecule has 1 fully saturated rings. The molecule has 1 amide bonds. The normalized spacial score (nSPS) is 17.3. The third-order valence-corrected chi connectivity index (χ3v) is 4.90. The highest BCUT2D eigenvalue weighted by molar-refractivity contribution is 5.81. The average molecular weight is 345 g/mol. The quantitative estimate of drug-likeness (QED) is 0.772. The predicted molar refractivity (Wildman–Crippen MR) is 97.7 cm³/mol. The van der Waals surface area contributed by atoms with Gasteiger partial charge in [-0.1, -0.05) is 19.1 Å². The number of imidazole rings is 1. The maximum atomic E-state index is 12.8. The first-order chi connectivity index (χ1) is 12.2. The average Bonchev–Trinajstić information content (AvgIpc) is 3.22. The molecule has 1 aliphatic rings.